The van der Waals surface area contributed by atoms with Gasteiger partial charge in [-0.1, -0.05) is 0 Å². The van der Waals surface area contributed by atoms with Crippen molar-refractivity contribution in [2.45, 2.75) is 18.8 Å². The molecule has 28 heavy (non-hydrogen) atoms. The van der Waals surface area contributed by atoms with E-state index in [2.05, 4.69) is 15.3 Å². The quantitative estimate of drug-likeness (QED) is 0.371. The van der Waals surface area contributed by atoms with E-state index in [4.69, 9.17) is 22.3 Å². The molecule has 0 aliphatic heterocycles. The zero-order valence-electron chi connectivity index (χ0n) is 14.5. The molecule has 2 heterocycles. The summed E-state index contributed by atoms with van der Waals surface area (Å²) in [4.78, 5) is 19.3. The second-order valence-electron chi connectivity index (χ2n) is 5.62. The number of aromatic nitrogens is 2. The van der Waals surface area contributed by atoms with Crippen molar-refractivity contribution >= 4 is 22.9 Å². The van der Waals surface area contributed by atoms with Crippen molar-refractivity contribution in [3.05, 3.63) is 57.5 Å². The Hall–Kier alpha value is -2.83. The third kappa shape index (κ3) is 5.34. The number of H-pyrrole nitrogens is 1. The van der Waals surface area contributed by atoms with Gasteiger partial charge in [0, 0.05) is 11.9 Å². The number of aliphatic hydroxyl groups is 1. The van der Waals surface area contributed by atoms with Gasteiger partial charge in [0.25, 0.3) is 5.91 Å². The number of nitrogens with two attached hydrogens (primary N) is 3. The molecule has 0 saturated heterocycles. The van der Waals surface area contributed by atoms with Crippen molar-refractivity contribution < 1.29 is 23.1 Å². The molecule has 0 aliphatic carbocycles. The van der Waals surface area contributed by atoms with Gasteiger partial charge in [0.2, 0.25) is 0 Å². The van der Waals surface area contributed by atoms with Gasteiger partial charge >= 0.3 is 6.18 Å². The number of alkyl halides is 3. The van der Waals surface area contributed by atoms with Crippen LogP contribution in [-0.4, -0.2) is 33.7 Å². The molecule has 12 heteroatoms. The Balaban J connectivity index is 2.10. The Morgan fingerprint density at radius 1 is 1.32 bits per heavy atom. The lowest BCUT2D eigenvalue weighted by molar-refractivity contribution is -0.0926. The lowest BCUT2D eigenvalue weighted by Crippen LogP contribution is -2.33. The maximum atomic E-state index is 12.4. The van der Waals surface area contributed by atoms with Crippen LogP contribution >= 0.6 is 11.3 Å². The predicted molar refractivity (Wildman–Crippen MR) is 98.6 cm³/mol. The molecule has 1 atom stereocenters. The van der Waals surface area contributed by atoms with E-state index in [0.29, 0.717) is 16.8 Å². The third-order valence-corrected chi connectivity index (χ3v) is 4.59. The molecule has 0 aromatic carbocycles. The molecule has 0 saturated carbocycles. The molecule has 2 rings (SSSR count). The number of nitrogens with one attached hydrogen (secondary N) is 2. The molecule has 2 aromatic heterocycles. The van der Waals surface area contributed by atoms with Crippen LogP contribution in [0.2, 0.25) is 0 Å². The highest BCUT2D eigenvalue weighted by atomic mass is 32.1. The zero-order valence-corrected chi connectivity index (χ0v) is 15.3. The number of nitrogens with zero attached hydrogens (tertiary/aromatic N) is 1. The fourth-order valence-corrected chi connectivity index (χ4v) is 2.95. The topological polar surface area (TPSA) is 156 Å². The van der Waals surface area contributed by atoms with Crippen molar-refractivity contribution in [1.29, 1.82) is 0 Å². The Morgan fingerprint density at radius 3 is 2.57 bits per heavy atom. The fraction of sp³-hybridized carbons (Fsp3) is 0.250. The van der Waals surface area contributed by atoms with Crippen molar-refractivity contribution in [2.75, 3.05) is 6.54 Å². The summed E-state index contributed by atoms with van der Waals surface area (Å²) in [7, 11) is 0. The van der Waals surface area contributed by atoms with Crippen LogP contribution in [0.15, 0.2) is 35.4 Å². The number of hydrogen-bond acceptors (Lipinski definition) is 7. The van der Waals surface area contributed by atoms with Gasteiger partial charge in [-0.05, 0) is 24.3 Å². The summed E-state index contributed by atoms with van der Waals surface area (Å²) in [6.07, 6.45) is -3.02. The summed E-state index contributed by atoms with van der Waals surface area (Å²) in [5, 5.41) is 14.0. The summed E-state index contributed by atoms with van der Waals surface area (Å²) in [6.45, 7) is -0.137. The van der Waals surface area contributed by atoms with Crippen LogP contribution in [0.1, 0.15) is 32.9 Å². The monoisotopic (exact) mass is 416 g/mol. The van der Waals surface area contributed by atoms with Gasteiger partial charge in [-0.3, -0.25) is 4.79 Å². The van der Waals surface area contributed by atoms with Gasteiger partial charge < -0.3 is 32.6 Å². The number of halogens is 3. The van der Waals surface area contributed by atoms with Crippen LogP contribution in [0.25, 0.3) is 5.70 Å². The van der Waals surface area contributed by atoms with Crippen LogP contribution in [0.5, 0.6) is 0 Å². The largest absolute Gasteiger partial charge is 0.430 e. The highest BCUT2D eigenvalue weighted by molar-refractivity contribution is 7.09. The van der Waals surface area contributed by atoms with Gasteiger partial charge in [0.1, 0.15) is 16.4 Å². The Labute approximate surface area is 161 Å². The van der Waals surface area contributed by atoms with Gasteiger partial charge in [-0.25, -0.2) is 4.98 Å². The lowest BCUT2D eigenvalue weighted by atomic mass is 10.2. The highest BCUT2D eigenvalue weighted by Gasteiger charge is 2.30. The number of aliphatic hydroxyl groups excluding tert-OH is 1. The van der Waals surface area contributed by atoms with Crippen molar-refractivity contribution in [1.82, 2.24) is 15.3 Å². The van der Waals surface area contributed by atoms with Gasteiger partial charge in [-0.2, -0.15) is 13.2 Å². The lowest BCUT2D eigenvalue weighted by Gasteiger charge is -2.13. The first-order valence-electron chi connectivity index (χ1n) is 7.91. The molecule has 8 nitrogen and oxygen atoms in total. The maximum Gasteiger partial charge on any atom is 0.430 e. The minimum atomic E-state index is -4.65. The van der Waals surface area contributed by atoms with Crippen LogP contribution in [0.4, 0.5) is 13.2 Å². The fourth-order valence-electron chi connectivity index (χ4n) is 2.07. The van der Waals surface area contributed by atoms with Gasteiger partial charge in [0.15, 0.2) is 0 Å². The summed E-state index contributed by atoms with van der Waals surface area (Å²) in [6, 6.07) is 2.31. The van der Waals surface area contributed by atoms with Crippen molar-refractivity contribution in [3.63, 3.8) is 0 Å². The molecule has 0 radical (unpaired) electrons. The molecule has 0 aliphatic rings. The number of hydrogen-bond donors (Lipinski definition) is 6. The smallest absolute Gasteiger partial charge is 0.397 e. The number of amides is 1. The average molecular weight is 416 g/mol. The number of carbonyl (C=O) groups excluding carboxylic acids is 1. The van der Waals surface area contributed by atoms with E-state index in [0.717, 1.165) is 6.08 Å². The molecular formula is C16H19F3N6O2S. The summed E-state index contributed by atoms with van der Waals surface area (Å²) >= 11 is 1.25. The van der Waals surface area contributed by atoms with E-state index in [-0.39, 0.29) is 30.2 Å². The number of carbonyl (C=O) groups is 1. The van der Waals surface area contributed by atoms with Crippen LogP contribution in [0.3, 0.4) is 0 Å². The van der Waals surface area contributed by atoms with Crippen LogP contribution in [-0.2, 0) is 6.61 Å². The van der Waals surface area contributed by atoms with E-state index in [1.54, 1.807) is 5.38 Å². The number of allylic oxidation sites excluding steroid dienone is 3. The average Bonchev–Trinajstić information content (AvgIpc) is 3.32. The molecule has 1 unspecified atom stereocenters. The number of aromatic amines is 1. The van der Waals surface area contributed by atoms with E-state index in [1.165, 1.54) is 23.5 Å². The molecule has 2 aromatic rings. The number of rotatable bonds is 7. The standard InChI is InChI=1S/C16H19F3N6O2S/c17-16(18,19)13(22)4-1-9(21)10-2-3-11(24-10)14(27)25-12(5-20)15-23-8(6-26)7-28-15/h1-4,7,12,24,26H,5-6,20-22H2,(H,25,27)/b9-1-,13-4-. The van der Waals surface area contributed by atoms with Crippen molar-refractivity contribution in [2.24, 2.45) is 17.2 Å². The summed E-state index contributed by atoms with van der Waals surface area (Å²) in [5.41, 5.74) is 15.8. The molecule has 0 spiro atoms. The molecule has 1 amide bonds. The summed E-state index contributed by atoms with van der Waals surface area (Å²) in [5.74, 6) is -0.499. The van der Waals surface area contributed by atoms with E-state index >= 15 is 0 Å². The molecular weight excluding hydrogens is 397 g/mol. The molecule has 9 N–H and O–H groups in total. The minimum absolute atomic E-state index is 0.0332. The first kappa shape index (κ1) is 21.5. The molecule has 152 valence electrons. The second-order valence-corrected chi connectivity index (χ2v) is 6.51. The Kier molecular flexibility index (Phi) is 6.83. The number of thiazole rings is 1. The molecule has 0 fully saturated rings. The maximum absolute atomic E-state index is 12.4. The summed E-state index contributed by atoms with van der Waals surface area (Å²) < 4.78 is 37.1. The zero-order chi connectivity index (χ0) is 20.9. The van der Waals surface area contributed by atoms with E-state index < -0.39 is 23.8 Å². The van der Waals surface area contributed by atoms with Crippen LogP contribution in [0, 0.1) is 0 Å². The predicted octanol–water partition coefficient (Wildman–Crippen LogP) is 1.10. The van der Waals surface area contributed by atoms with Crippen LogP contribution < -0.4 is 22.5 Å². The molecule has 0 bridgehead atoms. The van der Waals surface area contributed by atoms with Gasteiger partial charge in [-0.15, -0.1) is 11.3 Å². The highest BCUT2D eigenvalue weighted by Crippen LogP contribution is 2.22. The SMILES string of the molecule is NCC(NC(=O)c1ccc(/C(N)=C/C=C(\N)C(F)(F)F)[nH]1)c1nc(CO)cs1. The van der Waals surface area contributed by atoms with E-state index in [1.807, 2.05) is 0 Å². The van der Waals surface area contributed by atoms with Gasteiger partial charge in [0.05, 0.1) is 29.7 Å². The minimum Gasteiger partial charge on any atom is -0.397 e. The first-order valence-corrected chi connectivity index (χ1v) is 8.79. The van der Waals surface area contributed by atoms with E-state index in [9.17, 15) is 18.0 Å². The first-order chi connectivity index (χ1) is 13.2. The van der Waals surface area contributed by atoms with Crippen molar-refractivity contribution in [3.8, 4) is 0 Å². The Morgan fingerprint density at radius 2 is 2.00 bits per heavy atom. The normalized spacial score (nSPS) is 14.2. The second kappa shape index (κ2) is 8.91. The Bertz CT molecular complexity index is 887. The third-order valence-electron chi connectivity index (χ3n) is 3.58.